The summed E-state index contributed by atoms with van der Waals surface area (Å²) in [6, 6.07) is 21.6. The summed E-state index contributed by atoms with van der Waals surface area (Å²) in [5, 5.41) is 22.9. The Kier molecular flexibility index (Phi) is 7.13. The first-order chi connectivity index (χ1) is 21.5. The van der Waals surface area contributed by atoms with Crippen molar-refractivity contribution in [1.82, 2.24) is 0 Å². The maximum atomic E-state index is 13.4. The predicted octanol–water partition coefficient (Wildman–Crippen LogP) is 8.71. The second-order valence-electron chi connectivity index (χ2n) is 12.6. The van der Waals surface area contributed by atoms with Gasteiger partial charge in [-0.2, -0.15) is 33.6 Å². The molecule has 0 N–H and O–H groups in total. The van der Waals surface area contributed by atoms with Crippen molar-refractivity contribution >= 4 is 0 Å². The van der Waals surface area contributed by atoms with Gasteiger partial charge in [0, 0.05) is 16.7 Å². The van der Waals surface area contributed by atoms with Crippen LogP contribution in [0, 0.1) is 17.8 Å². The zero-order valence-electron chi connectivity index (χ0n) is 24.9. The summed E-state index contributed by atoms with van der Waals surface area (Å²) in [6.45, 7) is 5.48. The zero-order valence-corrected chi connectivity index (χ0v) is 24.9. The van der Waals surface area contributed by atoms with E-state index in [1.165, 1.54) is 12.1 Å². The van der Waals surface area contributed by atoms with Gasteiger partial charge >= 0.3 is 11.8 Å². The third-order valence-corrected chi connectivity index (χ3v) is 9.01. The highest BCUT2D eigenvalue weighted by atomic mass is 19.4. The fourth-order valence-corrected chi connectivity index (χ4v) is 6.09. The van der Waals surface area contributed by atoms with Gasteiger partial charge in [-0.15, -0.1) is 10.2 Å². The predicted molar refractivity (Wildman–Crippen MR) is 157 cm³/mol. The van der Waals surface area contributed by atoms with E-state index in [9.17, 15) is 13.2 Å². The third-order valence-electron chi connectivity index (χ3n) is 9.01. The molecular weight excluding hydrogens is 585 g/mol. The molecule has 1 saturated carbocycles. The van der Waals surface area contributed by atoms with Crippen molar-refractivity contribution in [1.29, 1.82) is 0 Å². The molecule has 2 atom stereocenters. The first-order valence-corrected chi connectivity index (χ1v) is 15.1. The van der Waals surface area contributed by atoms with Gasteiger partial charge in [-0.05, 0) is 87.3 Å². The second-order valence-corrected chi connectivity index (χ2v) is 12.6. The number of rotatable bonds is 12. The average molecular weight is 619 g/mol. The van der Waals surface area contributed by atoms with E-state index in [0.29, 0.717) is 25.6 Å². The Morgan fingerprint density at radius 1 is 0.533 bits per heavy atom. The van der Waals surface area contributed by atoms with Crippen LogP contribution in [0.3, 0.4) is 0 Å². The van der Waals surface area contributed by atoms with Gasteiger partial charge in [-0.3, -0.25) is 0 Å². The summed E-state index contributed by atoms with van der Waals surface area (Å²) in [5.74, 6) is 2.87. The highest BCUT2D eigenvalue weighted by Crippen LogP contribution is 2.52. The molecule has 1 aliphatic carbocycles. The second kappa shape index (κ2) is 10.9. The normalized spacial score (nSPS) is 24.6. The van der Waals surface area contributed by atoms with Crippen LogP contribution in [-0.4, -0.2) is 26.0 Å². The molecule has 45 heavy (non-hydrogen) atoms. The summed E-state index contributed by atoms with van der Waals surface area (Å²) in [4.78, 5) is 0. The smallest absolute Gasteiger partial charge is 0.442 e. The van der Waals surface area contributed by atoms with E-state index in [-0.39, 0.29) is 23.3 Å². The Morgan fingerprint density at radius 2 is 0.844 bits per heavy atom. The summed E-state index contributed by atoms with van der Waals surface area (Å²) in [6.07, 6.45) is -1.81. The molecule has 0 spiro atoms. The topological polar surface area (TPSA) is 102 Å². The molecule has 1 fully saturated rings. The molecule has 234 valence electrons. The minimum absolute atomic E-state index is 0.0134. The van der Waals surface area contributed by atoms with E-state index in [1.807, 2.05) is 62.4 Å². The largest absolute Gasteiger partial charge is 0.493 e. The molecule has 0 radical (unpaired) electrons. The van der Waals surface area contributed by atoms with Crippen LogP contribution in [0.2, 0.25) is 0 Å². The van der Waals surface area contributed by atoms with Gasteiger partial charge in [0.2, 0.25) is 11.3 Å². The first kappa shape index (κ1) is 29.4. The highest BCUT2D eigenvalue weighted by molar-refractivity contribution is 5.36. The van der Waals surface area contributed by atoms with Gasteiger partial charge in [-0.25, -0.2) is 0 Å². The standard InChI is InChI=1S/C33H33F3N6O3/c1-30(37-38-30)24-3-9-27(10-4-24)43-18-21-15-22(19-44-28-11-5-25(6-12-28)31(2)39-40-31)17-23(16-21)20-45-29-13-7-26(8-14-29)32(41-42-32)33(34,35)36/h3-14,21-23H,15-20H2,1-2H3. The van der Waals surface area contributed by atoms with E-state index in [0.717, 1.165) is 41.9 Å². The summed E-state index contributed by atoms with van der Waals surface area (Å²) >= 11 is 0. The number of hydrogen-bond acceptors (Lipinski definition) is 9. The maximum absolute atomic E-state index is 13.4. The van der Waals surface area contributed by atoms with Gasteiger partial charge in [-0.1, -0.05) is 36.4 Å². The van der Waals surface area contributed by atoms with E-state index in [4.69, 9.17) is 14.2 Å². The number of hydrogen-bond donors (Lipinski definition) is 0. The zero-order chi connectivity index (χ0) is 31.3. The molecule has 0 saturated heterocycles. The van der Waals surface area contributed by atoms with Crippen LogP contribution in [0.1, 0.15) is 49.8 Å². The average Bonchev–Trinajstić information content (AvgIpc) is 3.93. The molecule has 12 heteroatoms. The highest BCUT2D eigenvalue weighted by Gasteiger charge is 2.65. The van der Waals surface area contributed by atoms with Gasteiger partial charge in [0.15, 0.2) is 0 Å². The lowest BCUT2D eigenvalue weighted by molar-refractivity contribution is -0.166. The van der Waals surface area contributed by atoms with E-state index >= 15 is 0 Å². The minimum Gasteiger partial charge on any atom is -0.493 e. The molecule has 3 aliphatic heterocycles. The number of nitrogens with zero attached hydrogens (tertiary/aromatic N) is 6. The van der Waals surface area contributed by atoms with Crippen molar-refractivity contribution in [2.24, 2.45) is 48.4 Å². The van der Waals surface area contributed by atoms with E-state index in [1.54, 1.807) is 12.1 Å². The van der Waals surface area contributed by atoms with Crippen LogP contribution in [0.5, 0.6) is 17.2 Å². The fourth-order valence-electron chi connectivity index (χ4n) is 6.09. The molecule has 4 aliphatic rings. The molecule has 0 amide bonds. The Balaban J connectivity index is 0.972. The van der Waals surface area contributed by atoms with Crippen molar-refractivity contribution in [3.63, 3.8) is 0 Å². The van der Waals surface area contributed by atoms with Crippen molar-refractivity contribution < 1.29 is 27.4 Å². The molecular formula is C33H33F3N6O3. The number of halogens is 3. The molecule has 0 aromatic heterocycles. The SMILES string of the molecule is CC1(c2ccc(OCC3CC(COc4ccc(C5(C)N=N5)cc4)CC(COc4ccc(C5(C(F)(F)F)N=N5)cc4)C3)cc2)N=N1. The number of alkyl halides is 3. The molecule has 2 unspecified atom stereocenters. The quantitative estimate of drug-likeness (QED) is 0.203. The van der Waals surface area contributed by atoms with Crippen molar-refractivity contribution in [2.45, 2.75) is 56.3 Å². The summed E-state index contributed by atoms with van der Waals surface area (Å²) < 4.78 is 58.6. The monoisotopic (exact) mass is 618 g/mol. The van der Waals surface area contributed by atoms with Crippen LogP contribution >= 0.6 is 0 Å². The van der Waals surface area contributed by atoms with Crippen LogP contribution < -0.4 is 14.2 Å². The van der Waals surface area contributed by atoms with E-state index < -0.39 is 23.2 Å². The summed E-state index contributed by atoms with van der Waals surface area (Å²) in [7, 11) is 0. The van der Waals surface area contributed by atoms with Crippen LogP contribution in [0.15, 0.2) is 103 Å². The minimum atomic E-state index is -4.56. The van der Waals surface area contributed by atoms with Crippen molar-refractivity contribution in [3.8, 4) is 17.2 Å². The van der Waals surface area contributed by atoms with Crippen LogP contribution in [-0.2, 0) is 17.0 Å². The number of ether oxygens (including phenoxy) is 3. The number of benzene rings is 3. The summed E-state index contributed by atoms with van der Waals surface area (Å²) in [5.41, 5.74) is -1.23. The molecule has 7 rings (SSSR count). The molecule has 3 aromatic carbocycles. The molecule has 0 bridgehead atoms. The van der Waals surface area contributed by atoms with Gasteiger partial charge in [0.1, 0.15) is 17.2 Å². The molecule has 3 aromatic rings. The lowest BCUT2D eigenvalue weighted by atomic mass is 9.76. The lowest BCUT2D eigenvalue weighted by Gasteiger charge is -2.34. The Labute approximate surface area is 258 Å². The van der Waals surface area contributed by atoms with Crippen LogP contribution in [0.25, 0.3) is 0 Å². The lowest BCUT2D eigenvalue weighted by Crippen LogP contribution is -2.32. The first-order valence-electron chi connectivity index (χ1n) is 15.1. The molecule has 3 heterocycles. The van der Waals surface area contributed by atoms with Crippen LogP contribution in [0.4, 0.5) is 13.2 Å². The Bertz CT molecular complexity index is 1530. The fraction of sp³-hybridized carbons (Fsp3) is 0.455. The van der Waals surface area contributed by atoms with E-state index in [2.05, 4.69) is 30.7 Å². The molecule has 9 nitrogen and oxygen atoms in total. The van der Waals surface area contributed by atoms with Gasteiger partial charge in [0.25, 0.3) is 0 Å². The Morgan fingerprint density at radius 3 is 1.11 bits per heavy atom. The maximum Gasteiger partial charge on any atom is 0.442 e. The van der Waals surface area contributed by atoms with Gasteiger partial charge in [0.05, 0.1) is 19.8 Å². The Hall–Kier alpha value is -4.35. The van der Waals surface area contributed by atoms with Gasteiger partial charge < -0.3 is 14.2 Å². The van der Waals surface area contributed by atoms with Crippen molar-refractivity contribution in [3.05, 3.63) is 89.5 Å². The third kappa shape index (κ3) is 6.27. The van der Waals surface area contributed by atoms with Crippen molar-refractivity contribution in [2.75, 3.05) is 19.8 Å².